The highest BCUT2D eigenvalue weighted by Crippen LogP contribution is 2.11. The van der Waals surface area contributed by atoms with Gasteiger partial charge in [0.15, 0.2) is 0 Å². The van der Waals surface area contributed by atoms with Crippen molar-refractivity contribution in [3.05, 3.63) is 12.2 Å². The smallest absolute Gasteiger partial charge is 0.220 e. The molecule has 0 fully saturated rings. The molecule has 0 aromatic carbocycles. The van der Waals surface area contributed by atoms with Crippen LogP contribution in [0.5, 0.6) is 0 Å². The van der Waals surface area contributed by atoms with E-state index in [1.54, 1.807) is 0 Å². The van der Waals surface area contributed by atoms with Crippen molar-refractivity contribution in [2.75, 3.05) is 6.54 Å². The second-order valence-electron chi connectivity index (χ2n) is 3.75. The van der Waals surface area contributed by atoms with Crippen LogP contribution in [0.3, 0.4) is 0 Å². The quantitative estimate of drug-likeness (QED) is 0.547. The summed E-state index contributed by atoms with van der Waals surface area (Å²) in [6, 6.07) is 0. The molecule has 0 aromatic rings. The molecular weight excluding hydrogens is 150 g/mol. The number of amides is 1. The molecule has 0 saturated carbocycles. The van der Waals surface area contributed by atoms with Gasteiger partial charge in [0.25, 0.3) is 0 Å². The molecule has 1 rings (SSSR count). The molecule has 0 bridgehead atoms. The molecule has 68 valence electrons. The standard InChI is InChI=1S/C10H17NO/c1-8-4-3-5-9(2)7-11-10(12)6-8/h3,5,8-9H,4,6-7H2,1-2H3,(H,11,12)/b5-3-. The zero-order valence-electron chi connectivity index (χ0n) is 7.84. The van der Waals surface area contributed by atoms with Crippen molar-refractivity contribution in [1.82, 2.24) is 5.32 Å². The van der Waals surface area contributed by atoms with E-state index in [0.29, 0.717) is 18.3 Å². The van der Waals surface area contributed by atoms with E-state index in [9.17, 15) is 4.79 Å². The Morgan fingerprint density at radius 2 is 2.25 bits per heavy atom. The number of hydrogen-bond acceptors (Lipinski definition) is 1. The predicted molar refractivity (Wildman–Crippen MR) is 49.7 cm³/mol. The lowest BCUT2D eigenvalue weighted by molar-refractivity contribution is -0.121. The van der Waals surface area contributed by atoms with Crippen molar-refractivity contribution in [1.29, 1.82) is 0 Å². The summed E-state index contributed by atoms with van der Waals surface area (Å²) in [5.41, 5.74) is 0. The van der Waals surface area contributed by atoms with Crippen LogP contribution in [0.2, 0.25) is 0 Å². The third kappa shape index (κ3) is 3.07. The van der Waals surface area contributed by atoms with E-state index in [0.717, 1.165) is 13.0 Å². The normalized spacial score (nSPS) is 34.3. The van der Waals surface area contributed by atoms with Gasteiger partial charge in [-0.05, 0) is 18.3 Å². The van der Waals surface area contributed by atoms with Crippen LogP contribution < -0.4 is 5.32 Å². The Hall–Kier alpha value is -0.790. The second-order valence-corrected chi connectivity index (χ2v) is 3.75. The van der Waals surface area contributed by atoms with Gasteiger partial charge in [0.1, 0.15) is 0 Å². The summed E-state index contributed by atoms with van der Waals surface area (Å²) in [7, 11) is 0. The molecule has 0 radical (unpaired) electrons. The minimum Gasteiger partial charge on any atom is -0.356 e. The third-order valence-corrected chi connectivity index (χ3v) is 2.16. The monoisotopic (exact) mass is 167 g/mol. The molecule has 1 amide bonds. The van der Waals surface area contributed by atoms with E-state index in [-0.39, 0.29) is 5.91 Å². The van der Waals surface area contributed by atoms with E-state index < -0.39 is 0 Å². The average molecular weight is 167 g/mol. The minimum atomic E-state index is 0.193. The van der Waals surface area contributed by atoms with Crippen molar-refractivity contribution in [2.45, 2.75) is 26.7 Å². The van der Waals surface area contributed by atoms with Crippen molar-refractivity contribution >= 4 is 5.91 Å². The second kappa shape index (κ2) is 4.29. The highest BCUT2D eigenvalue weighted by atomic mass is 16.1. The van der Waals surface area contributed by atoms with Crippen molar-refractivity contribution < 1.29 is 4.79 Å². The Morgan fingerprint density at radius 1 is 1.50 bits per heavy atom. The van der Waals surface area contributed by atoms with Crippen molar-refractivity contribution in [3.8, 4) is 0 Å². The van der Waals surface area contributed by atoms with Gasteiger partial charge >= 0.3 is 0 Å². The Labute approximate surface area is 74.0 Å². The maximum atomic E-state index is 11.2. The van der Waals surface area contributed by atoms with Crippen LogP contribution >= 0.6 is 0 Å². The minimum absolute atomic E-state index is 0.193. The topological polar surface area (TPSA) is 29.1 Å². The molecule has 2 heteroatoms. The average Bonchev–Trinajstić information content (AvgIpc) is 2.05. The van der Waals surface area contributed by atoms with Gasteiger partial charge in [-0.15, -0.1) is 0 Å². The van der Waals surface area contributed by atoms with Gasteiger partial charge in [-0.25, -0.2) is 0 Å². The fourth-order valence-electron chi connectivity index (χ4n) is 1.36. The van der Waals surface area contributed by atoms with Gasteiger partial charge < -0.3 is 5.32 Å². The zero-order chi connectivity index (χ0) is 8.97. The summed E-state index contributed by atoms with van der Waals surface area (Å²) in [6.45, 7) is 5.01. The van der Waals surface area contributed by atoms with Gasteiger partial charge in [-0.2, -0.15) is 0 Å². The van der Waals surface area contributed by atoms with E-state index in [4.69, 9.17) is 0 Å². The predicted octanol–water partition coefficient (Wildman–Crippen LogP) is 1.72. The molecule has 0 aliphatic carbocycles. The van der Waals surface area contributed by atoms with Crippen LogP contribution in [0.15, 0.2) is 12.2 Å². The summed E-state index contributed by atoms with van der Waals surface area (Å²) in [5.74, 6) is 1.14. The Morgan fingerprint density at radius 3 is 3.00 bits per heavy atom. The van der Waals surface area contributed by atoms with Gasteiger partial charge in [0.05, 0.1) is 0 Å². The van der Waals surface area contributed by atoms with Crippen molar-refractivity contribution in [2.24, 2.45) is 11.8 Å². The van der Waals surface area contributed by atoms with Crippen LogP contribution in [-0.4, -0.2) is 12.5 Å². The lowest BCUT2D eigenvalue weighted by atomic mass is 10.0. The molecular formula is C10H17NO. The first-order valence-electron chi connectivity index (χ1n) is 4.62. The summed E-state index contributed by atoms with van der Waals surface area (Å²) < 4.78 is 0. The number of nitrogens with one attached hydrogen (secondary N) is 1. The van der Waals surface area contributed by atoms with Crippen LogP contribution in [0.4, 0.5) is 0 Å². The van der Waals surface area contributed by atoms with Gasteiger partial charge in [-0.3, -0.25) is 4.79 Å². The number of hydrogen-bond donors (Lipinski definition) is 1. The summed E-state index contributed by atoms with van der Waals surface area (Å²) in [4.78, 5) is 11.2. The SMILES string of the molecule is CC1/C=C\CC(C)CC(=O)NC1. The molecule has 0 aromatic heterocycles. The first-order valence-corrected chi connectivity index (χ1v) is 4.62. The number of rotatable bonds is 0. The maximum absolute atomic E-state index is 11.2. The fourth-order valence-corrected chi connectivity index (χ4v) is 1.36. The highest BCUT2D eigenvalue weighted by Gasteiger charge is 2.10. The van der Waals surface area contributed by atoms with E-state index in [1.165, 1.54) is 0 Å². The van der Waals surface area contributed by atoms with Crippen LogP contribution in [-0.2, 0) is 4.79 Å². The molecule has 12 heavy (non-hydrogen) atoms. The molecule has 1 N–H and O–H groups in total. The number of carbonyl (C=O) groups excluding carboxylic acids is 1. The molecule has 2 unspecified atom stereocenters. The zero-order valence-corrected chi connectivity index (χ0v) is 7.84. The molecule has 2 atom stereocenters. The summed E-state index contributed by atoms with van der Waals surface area (Å²) >= 11 is 0. The molecule has 1 aliphatic rings. The van der Waals surface area contributed by atoms with E-state index in [1.807, 2.05) is 0 Å². The first-order chi connectivity index (χ1) is 5.68. The molecule has 0 saturated heterocycles. The van der Waals surface area contributed by atoms with Crippen molar-refractivity contribution in [3.63, 3.8) is 0 Å². The molecule has 1 heterocycles. The Bertz CT molecular complexity index is 186. The van der Waals surface area contributed by atoms with Crippen LogP contribution in [0.1, 0.15) is 26.7 Å². The van der Waals surface area contributed by atoms with Gasteiger partial charge in [0, 0.05) is 13.0 Å². The van der Waals surface area contributed by atoms with Crippen LogP contribution in [0.25, 0.3) is 0 Å². The summed E-state index contributed by atoms with van der Waals surface area (Å²) in [5, 5.41) is 2.91. The highest BCUT2D eigenvalue weighted by molar-refractivity contribution is 5.76. The number of allylic oxidation sites excluding steroid dienone is 1. The molecule has 0 spiro atoms. The Balaban J connectivity index is 2.52. The third-order valence-electron chi connectivity index (χ3n) is 2.16. The largest absolute Gasteiger partial charge is 0.356 e. The van der Waals surface area contributed by atoms with Gasteiger partial charge in [0.2, 0.25) is 5.91 Å². The van der Waals surface area contributed by atoms with Gasteiger partial charge in [-0.1, -0.05) is 26.0 Å². The number of carbonyl (C=O) groups is 1. The molecule has 2 nitrogen and oxygen atoms in total. The van der Waals surface area contributed by atoms with E-state index in [2.05, 4.69) is 31.3 Å². The molecule has 1 aliphatic heterocycles. The maximum Gasteiger partial charge on any atom is 0.220 e. The van der Waals surface area contributed by atoms with E-state index >= 15 is 0 Å². The lowest BCUT2D eigenvalue weighted by Gasteiger charge is -2.08. The van der Waals surface area contributed by atoms with Crippen LogP contribution in [0, 0.1) is 11.8 Å². The Kier molecular flexibility index (Phi) is 3.32. The fraction of sp³-hybridized carbons (Fsp3) is 0.700. The summed E-state index contributed by atoms with van der Waals surface area (Å²) in [6.07, 6.45) is 6.06. The lowest BCUT2D eigenvalue weighted by Crippen LogP contribution is -2.28. The first kappa shape index (κ1) is 9.30.